The Kier molecular flexibility index (Phi) is 8.23. The summed E-state index contributed by atoms with van der Waals surface area (Å²) in [5.41, 5.74) is 1.09. The van der Waals surface area contributed by atoms with Gasteiger partial charge in [-0.3, -0.25) is 0 Å². The summed E-state index contributed by atoms with van der Waals surface area (Å²) in [6, 6.07) is 7.82. The third-order valence-electron chi connectivity index (χ3n) is 4.55. The molecule has 5 nitrogen and oxygen atoms in total. The van der Waals surface area contributed by atoms with Crippen LogP contribution in [-0.4, -0.2) is 54.4 Å². The lowest BCUT2D eigenvalue weighted by atomic mass is 10.0. The summed E-state index contributed by atoms with van der Waals surface area (Å²) in [5.74, 6) is 0.873. The van der Waals surface area contributed by atoms with Crippen molar-refractivity contribution in [3.63, 3.8) is 0 Å². The Hall–Kier alpha value is -0.790. The van der Waals surface area contributed by atoms with E-state index in [1.54, 1.807) is 18.9 Å². The van der Waals surface area contributed by atoms with Crippen LogP contribution in [0.2, 0.25) is 0 Å². The van der Waals surface area contributed by atoms with Crippen LogP contribution in [0.15, 0.2) is 24.3 Å². The van der Waals surface area contributed by atoms with Crippen LogP contribution in [-0.2, 0) is 20.8 Å². The topological polar surface area (TPSA) is 57.2 Å². The van der Waals surface area contributed by atoms with E-state index >= 15 is 0 Å². The van der Waals surface area contributed by atoms with Gasteiger partial charge in [-0.25, -0.2) is 0 Å². The highest BCUT2D eigenvalue weighted by atomic mass is 32.2. The summed E-state index contributed by atoms with van der Waals surface area (Å²) in [6.07, 6.45) is -0.680. The maximum Gasteiger partial charge on any atom is 0.171 e. The Morgan fingerprint density at radius 1 is 1.19 bits per heavy atom. The summed E-state index contributed by atoms with van der Waals surface area (Å²) in [6.45, 7) is 10.6. The largest absolute Gasteiger partial charge is 0.497 e. The summed E-state index contributed by atoms with van der Waals surface area (Å²) in [4.78, 5) is 0. The summed E-state index contributed by atoms with van der Waals surface area (Å²) in [5, 5.41) is 10.7. The minimum absolute atomic E-state index is 0.0389. The van der Waals surface area contributed by atoms with Gasteiger partial charge in [0.2, 0.25) is 0 Å². The highest BCUT2D eigenvalue weighted by Gasteiger charge is 2.38. The average molecular weight is 385 g/mol. The quantitative estimate of drug-likeness (QED) is 0.666. The molecular weight excluding hydrogens is 352 g/mol. The summed E-state index contributed by atoms with van der Waals surface area (Å²) >= 11 is 1.70. The summed E-state index contributed by atoms with van der Waals surface area (Å²) < 4.78 is 22.0. The smallest absolute Gasteiger partial charge is 0.171 e. The molecule has 0 aliphatic carbocycles. The highest BCUT2D eigenvalue weighted by molar-refractivity contribution is 8.01. The predicted molar refractivity (Wildman–Crippen MR) is 105 cm³/mol. The molecule has 0 unspecified atom stereocenters. The van der Waals surface area contributed by atoms with Crippen LogP contribution in [0.1, 0.15) is 33.3 Å². The van der Waals surface area contributed by atoms with Crippen LogP contribution in [0, 0.1) is 5.92 Å². The van der Waals surface area contributed by atoms with Crippen molar-refractivity contribution >= 4 is 11.8 Å². The molecule has 0 saturated carbocycles. The Morgan fingerprint density at radius 3 is 2.38 bits per heavy atom. The van der Waals surface area contributed by atoms with Crippen LogP contribution >= 0.6 is 11.8 Å². The molecule has 2 rings (SSSR count). The normalized spacial score (nSPS) is 19.3. The monoisotopic (exact) mass is 384 g/mol. The Labute approximate surface area is 161 Å². The number of thioether (sulfide) groups is 1. The Morgan fingerprint density at radius 2 is 1.81 bits per heavy atom. The fourth-order valence-corrected chi connectivity index (χ4v) is 4.62. The second-order valence-electron chi connectivity index (χ2n) is 7.33. The van der Waals surface area contributed by atoms with Crippen LogP contribution in [0.5, 0.6) is 5.75 Å². The van der Waals surface area contributed by atoms with Crippen molar-refractivity contribution < 1.29 is 24.1 Å². The molecule has 26 heavy (non-hydrogen) atoms. The SMILES string of the molecule is COc1ccc(COC[C@@H](C)[C@H](O)[C@@H](C)SC(C)(C)C2OCCO2)cc1. The van der Waals surface area contributed by atoms with Crippen molar-refractivity contribution in [3.05, 3.63) is 29.8 Å². The van der Waals surface area contributed by atoms with Gasteiger partial charge in [0.15, 0.2) is 6.29 Å². The number of benzene rings is 1. The van der Waals surface area contributed by atoms with Gasteiger partial charge in [-0.2, -0.15) is 0 Å². The van der Waals surface area contributed by atoms with Gasteiger partial charge in [-0.15, -0.1) is 11.8 Å². The first-order valence-corrected chi connectivity index (χ1v) is 10.0. The molecule has 1 fully saturated rings. The minimum Gasteiger partial charge on any atom is -0.497 e. The average Bonchev–Trinajstić information content (AvgIpc) is 3.17. The van der Waals surface area contributed by atoms with E-state index in [-0.39, 0.29) is 22.2 Å². The van der Waals surface area contributed by atoms with E-state index in [4.69, 9.17) is 18.9 Å². The lowest BCUT2D eigenvalue weighted by Crippen LogP contribution is -2.39. The molecule has 6 heteroatoms. The molecule has 1 saturated heterocycles. The van der Waals surface area contributed by atoms with Gasteiger partial charge in [-0.1, -0.05) is 26.0 Å². The van der Waals surface area contributed by atoms with Crippen LogP contribution in [0.4, 0.5) is 0 Å². The number of aliphatic hydroxyl groups is 1. The number of methoxy groups -OCH3 is 1. The van der Waals surface area contributed by atoms with Crippen LogP contribution < -0.4 is 4.74 Å². The zero-order valence-electron chi connectivity index (χ0n) is 16.4. The maximum atomic E-state index is 10.7. The molecule has 1 N–H and O–H groups in total. The van der Waals surface area contributed by atoms with E-state index < -0.39 is 6.10 Å². The molecule has 0 aromatic heterocycles. The molecule has 0 bridgehead atoms. The van der Waals surface area contributed by atoms with Gasteiger partial charge in [0.1, 0.15) is 5.75 Å². The predicted octanol–water partition coefficient (Wildman–Crippen LogP) is 3.48. The molecule has 1 heterocycles. The molecule has 1 aliphatic heterocycles. The van der Waals surface area contributed by atoms with Gasteiger partial charge >= 0.3 is 0 Å². The second-order valence-corrected chi connectivity index (χ2v) is 9.36. The van der Waals surface area contributed by atoms with Crippen LogP contribution in [0.3, 0.4) is 0 Å². The number of rotatable bonds is 10. The van der Waals surface area contributed by atoms with E-state index in [9.17, 15) is 5.11 Å². The lowest BCUT2D eigenvalue weighted by Gasteiger charge is -2.34. The molecule has 0 amide bonds. The fourth-order valence-electron chi connectivity index (χ4n) is 3.01. The van der Waals surface area contributed by atoms with Gasteiger partial charge in [0.05, 0.1) is 44.4 Å². The molecule has 0 spiro atoms. The van der Waals surface area contributed by atoms with Crippen molar-refractivity contribution in [2.24, 2.45) is 5.92 Å². The molecule has 1 aromatic rings. The van der Waals surface area contributed by atoms with Gasteiger partial charge < -0.3 is 24.1 Å². The third kappa shape index (κ3) is 6.13. The van der Waals surface area contributed by atoms with Gasteiger partial charge in [0, 0.05) is 11.2 Å². The van der Waals surface area contributed by atoms with Crippen molar-refractivity contribution in [1.29, 1.82) is 0 Å². The van der Waals surface area contributed by atoms with Crippen LogP contribution in [0.25, 0.3) is 0 Å². The highest BCUT2D eigenvalue weighted by Crippen LogP contribution is 2.37. The van der Waals surface area contributed by atoms with Gasteiger partial charge in [0.25, 0.3) is 0 Å². The first-order valence-electron chi connectivity index (χ1n) is 9.13. The van der Waals surface area contributed by atoms with E-state index in [1.165, 1.54) is 0 Å². The fraction of sp³-hybridized carbons (Fsp3) is 0.700. The van der Waals surface area contributed by atoms with Gasteiger partial charge in [-0.05, 0) is 31.5 Å². The first kappa shape index (κ1) is 21.5. The second kappa shape index (κ2) is 9.95. The Balaban J connectivity index is 1.75. The number of hydrogen-bond donors (Lipinski definition) is 1. The maximum absolute atomic E-state index is 10.7. The number of aliphatic hydroxyl groups excluding tert-OH is 1. The molecule has 3 atom stereocenters. The third-order valence-corrected chi connectivity index (χ3v) is 6.00. The lowest BCUT2D eigenvalue weighted by molar-refractivity contribution is -0.0617. The van der Waals surface area contributed by atoms with E-state index in [0.29, 0.717) is 26.4 Å². The summed E-state index contributed by atoms with van der Waals surface area (Å²) in [7, 11) is 1.65. The van der Waals surface area contributed by atoms with E-state index in [0.717, 1.165) is 11.3 Å². The number of ether oxygens (including phenoxy) is 4. The van der Waals surface area contributed by atoms with Crippen molar-refractivity contribution in [1.82, 2.24) is 0 Å². The molecule has 1 aliphatic rings. The van der Waals surface area contributed by atoms with E-state index in [1.807, 2.05) is 38.1 Å². The standard InChI is InChI=1S/C20H32O5S/c1-14(12-23-13-16-6-8-17(22-5)9-7-16)18(21)15(2)26-20(3,4)19-24-10-11-25-19/h6-9,14-15,18-19,21H,10-13H2,1-5H3/t14-,15-,18+/m1/s1. The van der Waals surface area contributed by atoms with Crippen molar-refractivity contribution in [3.8, 4) is 5.75 Å². The van der Waals surface area contributed by atoms with Crippen molar-refractivity contribution in [2.45, 2.75) is 56.7 Å². The molecule has 1 aromatic carbocycles. The molecule has 0 radical (unpaired) electrons. The zero-order chi connectivity index (χ0) is 19.2. The first-order chi connectivity index (χ1) is 12.3. The van der Waals surface area contributed by atoms with Crippen molar-refractivity contribution in [2.75, 3.05) is 26.9 Å². The molecular formula is C20H32O5S. The Bertz CT molecular complexity index is 528. The number of hydrogen-bond acceptors (Lipinski definition) is 6. The molecule has 148 valence electrons. The van der Waals surface area contributed by atoms with E-state index in [2.05, 4.69) is 13.8 Å². The minimum atomic E-state index is -0.462. The zero-order valence-corrected chi connectivity index (χ0v) is 17.3.